The van der Waals surface area contributed by atoms with Gasteiger partial charge in [-0.2, -0.15) is 5.10 Å². The zero-order valence-electron chi connectivity index (χ0n) is 15.9. The molecule has 0 aliphatic rings. The van der Waals surface area contributed by atoms with Gasteiger partial charge in [-0.25, -0.2) is 9.67 Å². The summed E-state index contributed by atoms with van der Waals surface area (Å²) in [6.45, 7) is 3.99. The smallest absolute Gasteiger partial charge is 0.220 e. The normalized spacial score (nSPS) is 11.9. The molecule has 0 saturated carbocycles. The summed E-state index contributed by atoms with van der Waals surface area (Å²) < 4.78 is 1.80. The van der Waals surface area contributed by atoms with Crippen molar-refractivity contribution in [3.8, 4) is 5.82 Å². The van der Waals surface area contributed by atoms with E-state index in [1.165, 1.54) is 5.56 Å². The summed E-state index contributed by atoms with van der Waals surface area (Å²) in [7, 11) is 0. The molecule has 1 N–H and O–H groups in total. The van der Waals surface area contributed by atoms with Crippen molar-refractivity contribution in [1.82, 2.24) is 20.1 Å². The number of nitrogens with one attached hydrogen (secondary N) is 1. The zero-order valence-corrected chi connectivity index (χ0v) is 15.9. The van der Waals surface area contributed by atoms with Crippen molar-refractivity contribution in [3.05, 3.63) is 77.7 Å². The molecule has 140 valence electrons. The predicted octanol–water partition coefficient (Wildman–Crippen LogP) is 4.17. The lowest BCUT2D eigenvalue weighted by atomic mass is 10.1. The van der Waals surface area contributed by atoms with Crippen molar-refractivity contribution >= 4 is 5.91 Å². The maximum Gasteiger partial charge on any atom is 0.220 e. The minimum Gasteiger partial charge on any atom is -0.349 e. The van der Waals surface area contributed by atoms with Gasteiger partial charge in [0.05, 0.1) is 12.2 Å². The fraction of sp³-hybridized carbons (Fsp3) is 0.318. The van der Waals surface area contributed by atoms with Crippen LogP contribution in [0.3, 0.4) is 0 Å². The van der Waals surface area contributed by atoms with Crippen molar-refractivity contribution in [3.63, 3.8) is 0 Å². The Morgan fingerprint density at radius 3 is 2.63 bits per heavy atom. The van der Waals surface area contributed by atoms with Crippen LogP contribution in [0, 0.1) is 6.92 Å². The number of carbonyl (C=O) groups is 1. The quantitative estimate of drug-likeness (QED) is 0.612. The molecular formula is C22H26N4O. The number of rotatable bonds is 8. The molecule has 1 amide bonds. The monoisotopic (exact) mass is 362 g/mol. The van der Waals surface area contributed by atoms with Gasteiger partial charge in [0.2, 0.25) is 5.91 Å². The number of benzene rings is 1. The molecule has 3 aromatic rings. The largest absolute Gasteiger partial charge is 0.349 e. The Kier molecular flexibility index (Phi) is 6.36. The van der Waals surface area contributed by atoms with Gasteiger partial charge < -0.3 is 5.32 Å². The molecule has 1 aromatic carbocycles. The van der Waals surface area contributed by atoms with Gasteiger partial charge in [0.1, 0.15) is 0 Å². The minimum atomic E-state index is -0.0796. The van der Waals surface area contributed by atoms with E-state index in [1.807, 2.05) is 44.3 Å². The first-order valence-corrected chi connectivity index (χ1v) is 9.44. The van der Waals surface area contributed by atoms with Crippen LogP contribution >= 0.6 is 0 Å². The molecule has 0 saturated heterocycles. The molecule has 2 aromatic heterocycles. The molecule has 0 radical (unpaired) electrons. The summed E-state index contributed by atoms with van der Waals surface area (Å²) in [6.07, 6.45) is 7.02. The Morgan fingerprint density at radius 1 is 1.11 bits per heavy atom. The summed E-state index contributed by atoms with van der Waals surface area (Å²) >= 11 is 0. The number of amides is 1. The van der Waals surface area contributed by atoms with E-state index in [1.54, 1.807) is 10.9 Å². The second-order valence-corrected chi connectivity index (χ2v) is 6.77. The van der Waals surface area contributed by atoms with Crippen LogP contribution in [0.25, 0.3) is 5.82 Å². The van der Waals surface area contributed by atoms with E-state index in [-0.39, 0.29) is 11.9 Å². The molecule has 0 bridgehead atoms. The zero-order chi connectivity index (χ0) is 19.1. The average Bonchev–Trinajstić information content (AvgIpc) is 3.08. The Morgan fingerprint density at radius 2 is 1.89 bits per heavy atom. The number of unbranched alkanes of at least 4 members (excludes halogenated alkanes) is 1. The fourth-order valence-electron chi connectivity index (χ4n) is 3.21. The topological polar surface area (TPSA) is 59.8 Å². The van der Waals surface area contributed by atoms with Gasteiger partial charge in [0.25, 0.3) is 0 Å². The molecule has 2 heterocycles. The van der Waals surface area contributed by atoms with Crippen molar-refractivity contribution in [2.24, 2.45) is 0 Å². The van der Waals surface area contributed by atoms with E-state index < -0.39 is 0 Å². The third-order valence-corrected chi connectivity index (χ3v) is 4.72. The van der Waals surface area contributed by atoms with Gasteiger partial charge in [-0.15, -0.1) is 0 Å². The van der Waals surface area contributed by atoms with E-state index in [2.05, 4.69) is 39.7 Å². The summed E-state index contributed by atoms with van der Waals surface area (Å²) in [5.41, 5.74) is 3.33. The lowest BCUT2D eigenvalue weighted by Crippen LogP contribution is -2.26. The highest BCUT2D eigenvalue weighted by molar-refractivity contribution is 5.76. The van der Waals surface area contributed by atoms with Crippen LogP contribution in [0.4, 0.5) is 0 Å². The van der Waals surface area contributed by atoms with Gasteiger partial charge in [0, 0.05) is 23.9 Å². The van der Waals surface area contributed by atoms with Crippen molar-refractivity contribution < 1.29 is 4.79 Å². The number of hydrogen-bond acceptors (Lipinski definition) is 3. The van der Waals surface area contributed by atoms with Crippen LogP contribution in [-0.4, -0.2) is 20.7 Å². The van der Waals surface area contributed by atoms with Crippen molar-refractivity contribution in [2.45, 2.75) is 45.6 Å². The molecule has 3 rings (SSSR count). The molecule has 0 spiro atoms. The second kappa shape index (κ2) is 9.12. The first-order chi connectivity index (χ1) is 13.1. The average molecular weight is 362 g/mol. The van der Waals surface area contributed by atoms with Crippen LogP contribution in [0.2, 0.25) is 0 Å². The summed E-state index contributed by atoms with van der Waals surface area (Å²) in [6, 6.07) is 16.0. The lowest BCUT2D eigenvalue weighted by Gasteiger charge is -2.14. The maximum atomic E-state index is 12.3. The molecule has 0 unspecified atom stereocenters. The van der Waals surface area contributed by atoms with Gasteiger partial charge >= 0.3 is 0 Å². The molecule has 0 fully saturated rings. The van der Waals surface area contributed by atoms with E-state index in [9.17, 15) is 4.79 Å². The van der Waals surface area contributed by atoms with Gasteiger partial charge in [-0.05, 0) is 50.8 Å². The molecule has 27 heavy (non-hydrogen) atoms. The van der Waals surface area contributed by atoms with Crippen molar-refractivity contribution in [2.75, 3.05) is 0 Å². The van der Waals surface area contributed by atoms with E-state index in [0.717, 1.165) is 36.3 Å². The number of pyridine rings is 1. The SMILES string of the molecule is Cc1c([C@@H](C)NC(=O)CCCCc2ccccc2)cnn1-c1ccccn1. The maximum absolute atomic E-state index is 12.3. The Balaban J connectivity index is 1.49. The van der Waals surface area contributed by atoms with E-state index in [4.69, 9.17) is 0 Å². The Hall–Kier alpha value is -2.95. The van der Waals surface area contributed by atoms with Crippen LogP contribution in [0.5, 0.6) is 0 Å². The molecule has 5 heteroatoms. The van der Waals surface area contributed by atoms with Gasteiger partial charge in [-0.1, -0.05) is 36.4 Å². The van der Waals surface area contributed by atoms with Crippen LogP contribution in [0.15, 0.2) is 60.9 Å². The van der Waals surface area contributed by atoms with E-state index >= 15 is 0 Å². The highest BCUT2D eigenvalue weighted by Gasteiger charge is 2.16. The third-order valence-electron chi connectivity index (χ3n) is 4.72. The summed E-state index contributed by atoms with van der Waals surface area (Å²) in [5.74, 6) is 0.862. The fourth-order valence-corrected chi connectivity index (χ4v) is 3.21. The van der Waals surface area contributed by atoms with Crippen LogP contribution in [0.1, 0.15) is 49.0 Å². The molecule has 0 aliphatic carbocycles. The van der Waals surface area contributed by atoms with Gasteiger partial charge in [-0.3, -0.25) is 4.79 Å². The van der Waals surface area contributed by atoms with Gasteiger partial charge in [0.15, 0.2) is 5.82 Å². The summed E-state index contributed by atoms with van der Waals surface area (Å²) in [4.78, 5) is 16.6. The predicted molar refractivity (Wildman–Crippen MR) is 107 cm³/mol. The van der Waals surface area contributed by atoms with Crippen LogP contribution in [-0.2, 0) is 11.2 Å². The third kappa shape index (κ3) is 5.03. The Labute approximate surface area is 160 Å². The van der Waals surface area contributed by atoms with Crippen molar-refractivity contribution in [1.29, 1.82) is 0 Å². The summed E-state index contributed by atoms with van der Waals surface area (Å²) in [5, 5.41) is 7.51. The molecule has 5 nitrogen and oxygen atoms in total. The number of aryl methyl sites for hydroxylation is 1. The Bertz CT molecular complexity index is 859. The lowest BCUT2D eigenvalue weighted by molar-refractivity contribution is -0.121. The molecule has 0 aliphatic heterocycles. The minimum absolute atomic E-state index is 0.0796. The molecule has 1 atom stereocenters. The number of nitrogens with zero attached hydrogens (tertiary/aromatic N) is 3. The standard InChI is InChI=1S/C22H26N4O/c1-17(20-16-24-26(18(20)2)21-13-8-9-15-23-21)25-22(27)14-7-6-12-19-10-4-3-5-11-19/h3-5,8-11,13,15-17H,6-7,12,14H2,1-2H3,(H,25,27)/t17-/m1/s1. The highest BCUT2D eigenvalue weighted by atomic mass is 16.1. The first-order valence-electron chi connectivity index (χ1n) is 9.44. The number of carbonyl (C=O) groups excluding carboxylic acids is 1. The number of hydrogen-bond donors (Lipinski definition) is 1. The van der Waals surface area contributed by atoms with E-state index in [0.29, 0.717) is 6.42 Å². The highest BCUT2D eigenvalue weighted by Crippen LogP contribution is 2.19. The molecular weight excluding hydrogens is 336 g/mol. The number of aromatic nitrogens is 3. The van der Waals surface area contributed by atoms with Crippen LogP contribution < -0.4 is 5.32 Å². The second-order valence-electron chi connectivity index (χ2n) is 6.77. The first kappa shape index (κ1) is 18.8.